The Morgan fingerprint density at radius 1 is 1.48 bits per heavy atom. The molecule has 0 spiro atoms. The number of terminal acetylenes is 1. The van der Waals surface area contributed by atoms with Gasteiger partial charge in [-0.3, -0.25) is 4.98 Å². The molecule has 1 atom stereocenters. The Morgan fingerprint density at radius 2 is 2.24 bits per heavy atom. The minimum absolute atomic E-state index is 0.180. The first-order chi connectivity index (χ1) is 10.0. The van der Waals surface area contributed by atoms with Crippen LogP contribution in [0.3, 0.4) is 0 Å². The highest BCUT2D eigenvalue weighted by atomic mass is 32.1. The van der Waals surface area contributed by atoms with E-state index in [1.807, 2.05) is 39.0 Å². The number of fused-ring (bicyclic) bond motifs is 1. The Bertz CT molecular complexity index is 719. The molecular weight excluding hydrogens is 280 g/mol. The van der Waals surface area contributed by atoms with Crippen LogP contribution in [0.15, 0.2) is 24.4 Å². The van der Waals surface area contributed by atoms with Gasteiger partial charge >= 0.3 is 0 Å². The van der Waals surface area contributed by atoms with Crippen molar-refractivity contribution in [1.29, 1.82) is 0 Å². The van der Waals surface area contributed by atoms with E-state index in [1.165, 1.54) is 0 Å². The maximum atomic E-state index is 5.91. The monoisotopic (exact) mass is 298 g/mol. The molecule has 0 aliphatic carbocycles. The predicted octanol–water partition coefficient (Wildman–Crippen LogP) is 3.23. The molecule has 2 rings (SSSR count). The molecule has 0 saturated carbocycles. The molecule has 2 aromatic rings. The summed E-state index contributed by atoms with van der Waals surface area (Å²) in [6, 6.07) is 5.85. The van der Waals surface area contributed by atoms with Crippen molar-refractivity contribution in [3.8, 4) is 18.1 Å². The van der Waals surface area contributed by atoms with Crippen molar-refractivity contribution in [3.63, 3.8) is 0 Å². The first kappa shape index (κ1) is 15.3. The molecule has 1 N–H and O–H groups in total. The second-order valence-electron chi connectivity index (χ2n) is 4.83. The van der Waals surface area contributed by atoms with E-state index in [9.17, 15) is 0 Å². The first-order valence-corrected chi connectivity index (χ1v) is 7.27. The largest absolute Gasteiger partial charge is 0.484 e. The van der Waals surface area contributed by atoms with Gasteiger partial charge in [0.15, 0.2) is 0 Å². The van der Waals surface area contributed by atoms with E-state index in [1.54, 1.807) is 6.20 Å². The second kappa shape index (κ2) is 6.55. The van der Waals surface area contributed by atoms with Gasteiger partial charge in [0.1, 0.15) is 16.8 Å². The third kappa shape index (κ3) is 3.50. The number of nitrogens with zero attached hydrogens (tertiary/aromatic N) is 1. The molecule has 0 saturated heterocycles. The number of rotatable bonds is 4. The lowest BCUT2D eigenvalue weighted by Crippen LogP contribution is -2.34. The molecule has 4 heteroatoms. The van der Waals surface area contributed by atoms with Crippen molar-refractivity contribution in [1.82, 2.24) is 10.3 Å². The number of nitrogens with one attached hydrogen (secondary N) is 1. The maximum Gasteiger partial charge on any atom is 0.146 e. The SMILES string of the molecule is C#Cc1cnc2c(C)cc(OC(C)C(=S)NCC)cc2c1. The predicted molar refractivity (Wildman–Crippen MR) is 90.8 cm³/mol. The molecule has 0 amide bonds. The van der Waals surface area contributed by atoms with Crippen LogP contribution in [-0.2, 0) is 0 Å². The zero-order chi connectivity index (χ0) is 15.4. The lowest BCUT2D eigenvalue weighted by atomic mass is 10.1. The summed E-state index contributed by atoms with van der Waals surface area (Å²) in [6.45, 7) is 6.73. The fourth-order valence-electron chi connectivity index (χ4n) is 2.12. The highest BCUT2D eigenvalue weighted by Gasteiger charge is 2.11. The smallest absolute Gasteiger partial charge is 0.146 e. The molecule has 0 bridgehead atoms. The topological polar surface area (TPSA) is 34.1 Å². The number of pyridine rings is 1. The lowest BCUT2D eigenvalue weighted by Gasteiger charge is -2.17. The maximum absolute atomic E-state index is 5.91. The summed E-state index contributed by atoms with van der Waals surface area (Å²) >= 11 is 5.27. The second-order valence-corrected chi connectivity index (χ2v) is 5.27. The Balaban J connectivity index is 2.33. The number of thiocarbonyl (C=S) groups is 1. The summed E-state index contributed by atoms with van der Waals surface area (Å²) < 4.78 is 5.91. The Labute approximate surface area is 130 Å². The minimum atomic E-state index is -0.180. The van der Waals surface area contributed by atoms with Gasteiger partial charge in [0.05, 0.1) is 5.52 Å². The van der Waals surface area contributed by atoms with Gasteiger partial charge in [-0.2, -0.15) is 0 Å². The summed E-state index contributed by atoms with van der Waals surface area (Å²) in [5.41, 5.74) is 2.74. The van der Waals surface area contributed by atoms with Crippen LogP contribution >= 0.6 is 12.2 Å². The van der Waals surface area contributed by atoms with Crippen LogP contribution in [-0.4, -0.2) is 22.6 Å². The lowest BCUT2D eigenvalue weighted by molar-refractivity contribution is 0.286. The third-order valence-electron chi connectivity index (χ3n) is 3.15. The summed E-state index contributed by atoms with van der Waals surface area (Å²) in [5.74, 6) is 3.37. The summed E-state index contributed by atoms with van der Waals surface area (Å²) in [7, 11) is 0. The van der Waals surface area contributed by atoms with Crippen molar-refractivity contribution in [3.05, 3.63) is 35.5 Å². The van der Waals surface area contributed by atoms with Gasteiger partial charge in [0.2, 0.25) is 0 Å². The molecule has 1 aromatic carbocycles. The molecule has 0 aliphatic heterocycles. The Kier molecular flexibility index (Phi) is 4.77. The van der Waals surface area contributed by atoms with E-state index >= 15 is 0 Å². The first-order valence-electron chi connectivity index (χ1n) is 6.86. The molecular formula is C17H18N2OS. The van der Waals surface area contributed by atoms with Crippen LogP contribution in [0.25, 0.3) is 10.9 Å². The van der Waals surface area contributed by atoms with Gasteiger partial charge in [-0.15, -0.1) is 6.42 Å². The average Bonchev–Trinajstić information content (AvgIpc) is 2.46. The van der Waals surface area contributed by atoms with E-state index in [2.05, 4.69) is 16.2 Å². The number of hydrogen-bond acceptors (Lipinski definition) is 3. The van der Waals surface area contributed by atoms with Gasteiger partial charge in [0.25, 0.3) is 0 Å². The molecule has 1 heterocycles. The molecule has 21 heavy (non-hydrogen) atoms. The fraction of sp³-hybridized carbons (Fsp3) is 0.294. The van der Waals surface area contributed by atoms with E-state index in [-0.39, 0.29) is 6.10 Å². The van der Waals surface area contributed by atoms with Gasteiger partial charge in [-0.1, -0.05) is 18.1 Å². The molecule has 108 valence electrons. The quantitative estimate of drug-likeness (QED) is 0.694. The number of likely N-dealkylation sites (N-methyl/N-ethyl adjacent to an activating group) is 1. The highest BCUT2D eigenvalue weighted by molar-refractivity contribution is 7.80. The van der Waals surface area contributed by atoms with Crippen molar-refractivity contribution < 1.29 is 4.74 Å². The number of ether oxygens (including phenoxy) is 1. The highest BCUT2D eigenvalue weighted by Crippen LogP contribution is 2.25. The van der Waals surface area contributed by atoms with Gasteiger partial charge in [-0.05, 0) is 44.5 Å². The minimum Gasteiger partial charge on any atom is -0.484 e. The zero-order valence-corrected chi connectivity index (χ0v) is 13.3. The zero-order valence-electron chi connectivity index (χ0n) is 12.4. The normalized spacial score (nSPS) is 11.7. The molecule has 1 unspecified atom stereocenters. The van der Waals surface area contributed by atoms with Gasteiger partial charge in [-0.25, -0.2) is 0 Å². The molecule has 0 aliphatic rings. The molecule has 0 fully saturated rings. The van der Waals surface area contributed by atoms with E-state index in [0.29, 0.717) is 4.99 Å². The van der Waals surface area contributed by atoms with Crippen molar-refractivity contribution in [2.24, 2.45) is 0 Å². The standard InChI is InChI=1S/C17H18N2OS/c1-5-13-8-14-9-15(7-11(3)16(14)19-10-13)20-12(4)17(21)18-6-2/h1,7-10,12H,6H2,2-4H3,(H,18,21). The average molecular weight is 298 g/mol. The van der Waals surface area contributed by atoms with Crippen LogP contribution in [0.1, 0.15) is 25.0 Å². The molecule has 0 radical (unpaired) electrons. The Morgan fingerprint density at radius 3 is 2.90 bits per heavy atom. The summed E-state index contributed by atoms with van der Waals surface area (Å²) in [5, 5.41) is 4.08. The van der Waals surface area contributed by atoms with Gasteiger partial charge < -0.3 is 10.1 Å². The number of aromatic nitrogens is 1. The van der Waals surface area contributed by atoms with Crippen molar-refractivity contribution >= 4 is 28.1 Å². The van der Waals surface area contributed by atoms with Crippen molar-refractivity contribution in [2.45, 2.75) is 26.9 Å². The number of benzene rings is 1. The van der Waals surface area contributed by atoms with E-state index in [0.717, 1.165) is 34.3 Å². The molecule has 1 aromatic heterocycles. The number of hydrogen-bond donors (Lipinski definition) is 1. The summed E-state index contributed by atoms with van der Waals surface area (Å²) in [4.78, 5) is 5.10. The summed E-state index contributed by atoms with van der Waals surface area (Å²) in [6.07, 6.45) is 6.95. The number of aryl methyl sites for hydroxylation is 1. The van der Waals surface area contributed by atoms with E-state index in [4.69, 9.17) is 23.4 Å². The van der Waals surface area contributed by atoms with Crippen LogP contribution in [0.5, 0.6) is 5.75 Å². The Hall–Kier alpha value is -2.12. The molecule has 3 nitrogen and oxygen atoms in total. The van der Waals surface area contributed by atoms with Crippen LogP contribution in [0, 0.1) is 19.3 Å². The fourth-order valence-corrected chi connectivity index (χ4v) is 2.31. The van der Waals surface area contributed by atoms with Crippen LogP contribution in [0.4, 0.5) is 0 Å². The van der Waals surface area contributed by atoms with Crippen molar-refractivity contribution in [2.75, 3.05) is 6.54 Å². The van der Waals surface area contributed by atoms with Gasteiger partial charge in [0, 0.05) is 23.7 Å². The third-order valence-corrected chi connectivity index (χ3v) is 3.62. The van der Waals surface area contributed by atoms with Crippen LogP contribution < -0.4 is 10.1 Å². The van der Waals surface area contributed by atoms with E-state index < -0.39 is 0 Å². The van der Waals surface area contributed by atoms with Crippen LogP contribution in [0.2, 0.25) is 0 Å².